The number of hydrogen-bond acceptors (Lipinski definition) is 3. The van der Waals surface area contributed by atoms with Crippen molar-refractivity contribution in [1.82, 2.24) is 15.5 Å². The Morgan fingerprint density at radius 1 is 1.10 bits per heavy atom. The van der Waals surface area contributed by atoms with Crippen LogP contribution in [0.2, 0.25) is 5.02 Å². The predicted molar refractivity (Wildman–Crippen MR) is 127 cm³/mol. The maximum absolute atomic E-state index is 11.9. The number of benzene rings is 2. The molecule has 156 valence electrons. The van der Waals surface area contributed by atoms with Gasteiger partial charge in [-0.2, -0.15) is 0 Å². The summed E-state index contributed by atoms with van der Waals surface area (Å²) < 4.78 is 0. The summed E-state index contributed by atoms with van der Waals surface area (Å²) in [4.78, 5) is 28.9. The number of carbonyl (C=O) groups is 2. The molecule has 7 nitrogen and oxygen atoms in total. The first-order valence-corrected chi connectivity index (χ1v) is 9.09. The van der Waals surface area contributed by atoms with E-state index in [1.54, 1.807) is 19.2 Å². The smallest absolute Gasteiger partial charge is 0.251 e. The van der Waals surface area contributed by atoms with E-state index in [1.807, 2.05) is 48.3 Å². The van der Waals surface area contributed by atoms with Crippen molar-refractivity contribution in [3.8, 4) is 0 Å². The third kappa shape index (κ3) is 7.90. The van der Waals surface area contributed by atoms with Crippen LogP contribution in [-0.2, 0) is 17.9 Å². The lowest BCUT2D eigenvalue weighted by Crippen LogP contribution is -2.38. The highest BCUT2D eigenvalue weighted by Gasteiger charge is 2.10. The van der Waals surface area contributed by atoms with Crippen LogP contribution in [0.5, 0.6) is 0 Å². The number of aliphatic imine (C=N–C) groups is 1. The number of nitrogens with zero attached hydrogens (tertiary/aromatic N) is 2. The van der Waals surface area contributed by atoms with Crippen molar-refractivity contribution in [1.29, 1.82) is 0 Å². The number of nitrogens with one attached hydrogen (secondary N) is 2. The van der Waals surface area contributed by atoms with Crippen LogP contribution in [-0.4, -0.2) is 43.3 Å². The number of amides is 2. The zero-order valence-corrected chi connectivity index (χ0v) is 19.4. The molecule has 0 radical (unpaired) electrons. The highest BCUT2D eigenvalue weighted by Crippen LogP contribution is 2.16. The quantitative estimate of drug-likeness (QED) is 0.291. The highest BCUT2D eigenvalue weighted by atomic mass is 127. The van der Waals surface area contributed by atoms with Gasteiger partial charge in [-0.1, -0.05) is 41.9 Å². The fourth-order valence-electron chi connectivity index (χ4n) is 2.57. The Morgan fingerprint density at radius 2 is 1.76 bits per heavy atom. The summed E-state index contributed by atoms with van der Waals surface area (Å²) >= 11 is 6.22. The molecular weight excluding hydrogens is 505 g/mol. The first-order chi connectivity index (χ1) is 13.4. The number of rotatable bonds is 7. The molecule has 0 unspecified atom stereocenters. The average Bonchev–Trinajstić information content (AvgIpc) is 2.68. The molecule has 0 aliphatic carbocycles. The zero-order chi connectivity index (χ0) is 20.5. The summed E-state index contributed by atoms with van der Waals surface area (Å²) in [5, 5.41) is 6.46. The zero-order valence-electron chi connectivity index (χ0n) is 16.3. The Balaban J connectivity index is 0.00000420. The van der Waals surface area contributed by atoms with E-state index in [-0.39, 0.29) is 36.4 Å². The first-order valence-electron chi connectivity index (χ1n) is 8.71. The van der Waals surface area contributed by atoms with Crippen LogP contribution in [0, 0.1) is 0 Å². The lowest BCUT2D eigenvalue weighted by molar-refractivity contribution is -0.117. The largest absolute Gasteiger partial charge is 0.368 e. The molecule has 29 heavy (non-hydrogen) atoms. The summed E-state index contributed by atoms with van der Waals surface area (Å²) in [6.45, 7) is 0.983. The van der Waals surface area contributed by atoms with Crippen molar-refractivity contribution in [2.45, 2.75) is 13.1 Å². The van der Waals surface area contributed by atoms with E-state index >= 15 is 0 Å². The Morgan fingerprint density at radius 3 is 2.34 bits per heavy atom. The minimum absolute atomic E-state index is 0. The number of primary amides is 1. The van der Waals surface area contributed by atoms with Crippen molar-refractivity contribution in [2.24, 2.45) is 10.7 Å². The van der Waals surface area contributed by atoms with E-state index in [0.29, 0.717) is 18.7 Å². The monoisotopic (exact) mass is 529 g/mol. The van der Waals surface area contributed by atoms with Crippen molar-refractivity contribution < 1.29 is 9.59 Å². The molecule has 0 aliphatic heterocycles. The van der Waals surface area contributed by atoms with Crippen LogP contribution in [0.1, 0.15) is 21.5 Å². The number of guanidine groups is 1. The van der Waals surface area contributed by atoms with E-state index in [2.05, 4.69) is 15.6 Å². The van der Waals surface area contributed by atoms with Gasteiger partial charge in [0.15, 0.2) is 5.96 Å². The molecule has 0 aliphatic rings. The molecule has 2 rings (SSSR count). The van der Waals surface area contributed by atoms with Gasteiger partial charge in [0, 0.05) is 37.8 Å². The van der Waals surface area contributed by atoms with Crippen molar-refractivity contribution in [3.63, 3.8) is 0 Å². The molecule has 9 heteroatoms. The van der Waals surface area contributed by atoms with Crippen molar-refractivity contribution >= 4 is 53.4 Å². The van der Waals surface area contributed by atoms with Crippen LogP contribution in [0.3, 0.4) is 0 Å². The third-order valence-electron chi connectivity index (χ3n) is 4.03. The van der Waals surface area contributed by atoms with Crippen molar-refractivity contribution in [3.05, 3.63) is 70.2 Å². The molecule has 0 saturated heterocycles. The molecule has 0 atom stereocenters. The van der Waals surface area contributed by atoms with E-state index < -0.39 is 5.91 Å². The van der Waals surface area contributed by atoms with Crippen LogP contribution in [0.15, 0.2) is 53.5 Å². The standard InChI is InChI=1S/C20H24ClN5O2.HI/c1-23-20(26(2)13-16-5-3-4-6-17(16)21)25-11-14-7-9-15(10-8-14)19(28)24-12-18(22)27;/h3-10H,11-13H2,1-2H3,(H2,22,27)(H,23,25)(H,24,28);1H. The third-order valence-corrected chi connectivity index (χ3v) is 4.40. The second-order valence-corrected chi connectivity index (χ2v) is 6.60. The van der Waals surface area contributed by atoms with Gasteiger partial charge in [-0.05, 0) is 29.3 Å². The van der Waals surface area contributed by atoms with Crippen molar-refractivity contribution in [2.75, 3.05) is 20.6 Å². The fraction of sp³-hybridized carbons (Fsp3) is 0.250. The number of nitrogens with two attached hydrogens (primary N) is 1. The Bertz CT molecular complexity index is 858. The second kappa shape index (κ2) is 12.3. The van der Waals surface area contributed by atoms with E-state index in [4.69, 9.17) is 17.3 Å². The molecule has 2 amide bonds. The summed E-state index contributed by atoms with van der Waals surface area (Å²) in [5.74, 6) is -0.196. The van der Waals surface area contributed by atoms with E-state index in [9.17, 15) is 9.59 Å². The molecule has 2 aromatic rings. The molecule has 0 heterocycles. The summed E-state index contributed by atoms with van der Waals surface area (Å²) in [6.07, 6.45) is 0. The minimum atomic E-state index is -0.582. The Hall–Kier alpha value is -2.33. The van der Waals surface area contributed by atoms with Gasteiger partial charge in [-0.15, -0.1) is 24.0 Å². The summed E-state index contributed by atoms with van der Waals surface area (Å²) in [5.41, 5.74) is 7.48. The van der Waals surface area contributed by atoms with Crippen LogP contribution < -0.4 is 16.4 Å². The van der Waals surface area contributed by atoms with Gasteiger partial charge in [-0.3, -0.25) is 14.6 Å². The lowest BCUT2D eigenvalue weighted by atomic mass is 10.1. The normalized spacial score (nSPS) is 10.7. The molecule has 0 fully saturated rings. The first kappa shape index (κ1) is 24.7. The molecule has 0 saturated carbocycles. The predicted octanol–water partition coefficient (Wildman–Crippen LogP) is 2.38. The van der Waals surface area contributed by atoms with E-state index in [0.717, 1.165) is 22.1 Å². The topological polar surface area (TPSA) is 99.8 Å². The van der Waals surface area contributed by atoms with Gasteiger partial charge in [0.25, 0.3) is 5.91 Å². The van der Waals surface area contributed by atoms with Gasteiger partial charge >= 0.3 is 0 Å². The van der Waals surface area contributed by atoms with Crippen LogP contribution >= 0.6 is 35.6 Å². The minimum Gasteiger partial charge on any atom is -0.368 e. The lowest BCUT2D eigenvalue weighted by Gasteiger charge is -2.22. The second-order valence-electron chi connectivity index (χ2n) is 6.19. The fourth-order valence-corrected chi connectivity index (χ4v) is 2.76. The molecule has 4 N–H and O–H groups in total. The number of halogens is 2. The Kier molecular flexibility index (Phi) is 10.5. The maximum Gasteiger partial charge on any atom is 0.251 e. The Labute approximate surface area is 192 Å². The number of hydrogen-bond donors (Lipinski definition) is 3. The van der Waals surface area contributed by atoms with E-state index in [1.165, 1.54) is 0 Å². The van der Waals surface area contributed by atoms with Crippen LogP contribution in [0.4, 0.5) is 0 Å². The van der Waals surface area contributed by atoms with Gasteiger partial charge in [-0.25, -0.2) is 0 Å². The molecule has 0 spiro atoms. The highest BCUT2D eigenvalue weighted by molar-refractivity contribution is 14.0. The SMILES string of the molecule is CN=C(NCc1ccc(C(=O)NCC(N)=O)cc1)N(C)Cc1ccccc1Cl.I. The summed E-state index contributed by atoms with van der Waals surface area (Å²) in [7, 11) is 3.66. The average molecular weight is 530 g/mol. The summed E-state index contributed by atoms with van der Waals surface area (Å²) in [6, 6.07) is 14.8. The van der Waals surface area contributed by atoms with Crippen LogP contribution in [0.25, 0.3) is 0 Å². The molecule has 0 aromatic heterocycles. The molecule has 0 bridgehead atoms. The van der Waals surface area contributed by atoms with Gasteiger partial charge < -0.3 is 21.3 Å². The van der Waals surface area contributed by atoms with Gasteiger partial charge in [0.2, 0.25) is 5.91 Å². The number of carbonyl (C=O) groups excluding carboxylic acids is 2. The van der Waals surface area contributed by atoms with Gasteiger partial charge in [0.05, 0.1) is 6.54 Å². The molecule has 2 aromatic carbocycles. The molecular formula is C20H25ClIN5O2. The maximum atomic E-state index is 11.9. The van der Waals surface area contributed by atoms with Gasteiger partial charge in [0.1, 0.15) is 0 Å².